The fourth-order valence-corrected chi connectivity index (χ4v) is 4.60. The van der Waals surface area contributed by atoms with E-state index in [0.29, 0.717) is 22.9 Å². The van der Waals surface area contributed by atoms with Gasteiger partial charge < -0.3 is 19.5 Å². The fraction of sp³-hybridized carbons (Fsp3) is 0.526. The summed E-state index contributed by atoms with van der Waals surface area (Å²) in [5.74, 6) is 0.988. The molecular formula is C19H24FN3O2S. The molecule has 7 heteroatoms. The topological polar surface area (TPSA) is 46.5 Å². The number of pyridine rings is 1. The van der Waals surface area contributed by atoms with Crippen molar-refractivity contribution in [3.63, 3.8) is 0 Å². The number of nitrogens with zero attached hydrogens (tertiary/aromatic N) is 2. The van der Waals surface area contributed by atoms with E-state index in [1.165, 1.54) is 6.07 Å². The Morgan fingerprint density at radius 3 is 2.65 bits per heavy atom. The number of thioether (sulfide) groups is 1. The highest BCUT2D eigenvalue weighted by molar-refractivity contribution is 7.99. The van der Waals surface area contributed by atoms with Gasteiger partial charge in [-0.05, 0) is 24.7 Å². The molecule has 1 saturated heterocycles. The molecule has 26 heavy (non-hydrogen) atoms. The Morgan fingerprint density at radius 1 is 1.31 bits per heavy atom. The zero-order valence-corrected chi connectivity index (χ0v) is 16.0. The maximum absolute atomic E-state index is 15.0. The molecule has 0 unspecified atom stereocenters. The minimum atomic E-state index is -0.383. The standard InChI is InChI=1S/C19H24FN3O2S/c1-3-26-16-11-15(24)13-10-14(20)18(22-8-6-21-7-9-22)19(25-2)17(13)23(16)12-4-5-12/h10-12,21H,3-9H2,1-2H3. The third-order valence-electron chi connectivity index (χ3n) is 5.02. The van der Waals surface area contributed by atoms with Crippen LogP contribution in [0.1, 0.15) is 25.8 Å². The van der Waals surface area contributed by atoms with Crippen LogP contribution < -0.4 is 20.4 Å². The number of aromatic nitrogens is 1. The molecule has 0 atom stereocenters. The zero-order chi connectivity index (χ0) is 18.3. The second kappa shape index (κ2) is 7.12. The molecule has 0 amide bonds. The number of halogens is 1. The van der Waals surface area contributed by atoms with Gasteiger partial charge in [-0.2, -0.15) is 0 Å². The summed E-state index contributed by atoms with van der Waals surface area (Å²) in [7, 11) is 1.57. The summed E-state index contributed by atoms with van der Waals surface area (Å²) in [5.41, 5.74) is 1.08. The molecule has 1 saturated carbocycles. The predicted molar refractivity (Wildman–Crippen MR) is 104 cm³/mol. The van der Waals surface area contributed by atoms with Gasteiger partial charge in [0.1, 0.15) is 5.69 Å². The van der Waals surface area contributed by atoms with Crippen LogP contribution in [0.25, 0.3) is 10.9 Å². The predicted octanol–water partition coefficient (Wildman–Crippen LogP) is 3.01. The molecule has 0 radical (unpaired) electrons. The summed E-state index contributed by atoms with van der Waals surface area (Å²) in [5, 5.41) is 4.65. The van der Waals surface area contributed by atoms with Crippen LogP contribution in [0.15, 0.2) is 22.0 Å². The molecule has 2 fully saturated rings. The molecule has 2 aliphatic rings. The summed E-state index contributed by atoms with van der Waals surface area (Å²) >= 11 is 1.65. The van der Waals surface area contributed by atoms with Crippen LogP contribution in [-0.2, 0) is 0 Å². The Kier molecular flexibility index (Phi) is 4.84. The van der Waals surface area contributed by atoms with Crippen LogP contribution in [0.4, 0.5) is 10.1 Å². The number of anilines is 1. The van der Waals surface area contributed by atoms with Crippen molar-refractivity contribution in [1.29, 1.82) is 0 Å². The molecular weight excluding hydrogens is 353 g/mol. The zero-order valence-electron chi connectivity index (χ0n) is 15.2. The van der Waals surface area contributed by atoms with E-state index in [0.717, 1.165) is 55.3 Å². The molecule has 2 heterocycles. The third-order valence-corrected chi connectivity index (χ3v) is 5.92. The van der Waals surface area contributed by atoms with Crippen molar-refractivity contribution in [1.82, 2.24) is 9.88 Å². The van der Waals surface area contributed by atoms with Gasteiger partial charge in [0.15, 0.2) is 17.0 Å². The Morgan fingerprint density at radius 2 is 2.04 bits per heavy atom. The normalized spacial score (nSPS) is 17.7. The number of methoxy groups -OCH3 is 1. The lowest BCUT2D eigenvalue weighted by molar-refractivity contribution is 0.410. The van der Waals surface area contributed by atoms with Gasteiger partial charge in [0.2, 0.25) is 0 Å². The quantitative estimate of drug-likeness (QED) is 0.812. The van der Waals surface area contributed by atoms with Gasteiger partial charge in [-0.15, -0.1) is 11.8 Å². The fourth-order valence-electron chi connectivity index (χ4n) is 3.73. The monoisotopic (exact) mass is 377 g/mol. The van der Waals surface area contributed by atoms with E-state index in [4.69, 9.17) is 4.74 Å². The SMILES string of the molecule is CCSc1cc(=O)c2cc(F)c(N3CCNCC3)c(OC)c2n1C1CC1. The Bertz CT molecular complexity index is 889. The maximum Gasteiger partial charge on any atom is 0.190 e. The van der Waals surface area contributed by atoms with Gasteiger partial charge in [0.25, 0.3) is 0 Å². The van der Waals surface area contributed by atoms with E-state index in [1.807, 2.05) is 4.90 Å². The van der Waals surface area contributed by atoms with Gasteiger partial charge in [-0.25, -0.2) is 4.39 Å². The van der Waals surface area contributed by atoms with Gasteiger partial charge in [0.05, 0.1) is 23.0 Å². The lowest BCUT2D eigenvalue weighted by Gasteiger charge is -2.31. The first kappa shape index (κ1) is 17.7. The van der Waals surface area contributed by atoms with Crippen molar-refractivity contribution in [2.45, 2.75) is 30.8 Å². The summed E-state index contributed by atoms with van der Waals surface area (Å²) < 4.78 is 23.0. The Hall–Kier alpha value is -1.73. The Balaban J connectivity index is 2.03. The number of fused-ring (bicyclic) bond motifs is 1. The average Bonchev–Trinajstić information content (AvgIpc) is 3.47. The van der Waals surface area contributed by atoms with Gasteiger partial charge in [0, 0.05) is 38.3 Å². The molecule has 1 aromatic carbocycles. The van der Waals surface area contributed by atoms with Gasteiger partial charge in [-0.3, -0.25) is 4.79 Å². The van der Waals surface area contributed by atoms with E-state index >= 15 is 4.39 Å². The second-order valence-electron chi connectivity index (χ2n) is 6.75. The van der Waals surface area contributed by atoms with Crippen LogP contribution in [0, 0.1) is 5.82 Å². The second-order valence-corrected chi connectivity index (χ2v) is 8.04. The minimum absolute atomic E-state index is 0.142. The number of nitrogens with one attached hydrogen (secondary N) is 1. The number of ether oxygens (including phenoxy) is 1. The number of rotatable bonds is 5. The van der Waals surface area contributed by atoms with E-state index in [-0.39, 0.29) is 11.2 Å². The summed E-state index contributed by atoms with van der Waals surface area (Å²) in [4.78, 5) is 14.7. The van der Waals surface area contributed by atoms with E-state index < -0.39 is 0 Å². The highest BCUT2D eigenvalue weighted by Gasteiger charge is 2.31. The first-order valence-electron chi connectivity index (χ1n) is 9.20. The number of piperazine rings is 1. The van der Waals surface area contributed by atoms with Crippen LogP contribution in [0.5, 0.6) is 5.75 Å². The average molecular weight is 377 g/mol. The number of benzene rings is 1. The van der Waals surface area contributed by atoms with Gasteiger partial charge in [-0.1, -0.05) is 6.92 Å². The number of hydrogen-bond acceptors (Lipinski definition) is 5. The molecule has 2 aromatic rings. The number of hydrogen-bond donors (Lipinski definition) is 1. The first-order chi connectivity index (χ1) is 12.7. The van der Waals surface area contributed by atoms with Crippen LogP contribution in [0.3, 0.4) is 0 Å². The highest BCUT2D eigenvalue weighted by atomic mass is 32.2. The highest BCUT2D eigenvalue weighted by Crippen LogP contribution is 2.45. The molecule has 0 spiro atoms. The van der Waals surface area contributed by atoms with E-state index in [1.54, 1.807) is 24.9 Å². The third kappa shape index (κ3) is 2.97. The molecule has 1 aromatic heterocycles. The smallest absolute Gasteiger partial charge is 0.190 e. The van der Waals surface area contributed by atoms with E-state index in [2.05, 4.69) is 16.8 Å². The summed E-state index contributed by atoms with van der Waals surface area (Å²) in [6.07, 6.45) is 2.16. The van der Waals surface area contributed by atoms with Crippen LogP contribution in [-0.4, -0.2) is 43.6 Å². The van der Waals surface area contributed by atoms with Crippen molar-refractivity contribution >= 4 is 28.4 Å². The molecule has 0 bridgehead atoms. The minimum Gasteiger partial charge on any atom is -0.492 e. The molecule has 1 N–H and O–H groups in total. The lowest BCUT2D eigenvalue weighted by Crippen LogP contribution is -2.44. The maximum atomic E-state index is 15.0. The van der Waals surface area contributed by atoms with Crippen molar-refractivity contribution in [2.24, 2.45) is 0 Å². The lowest BCUT2D eigenvalue weighted by atomic mass is 10.1. The molecule has 1 aliphatic heterocycles. The molecule has 1 aliphatic carbocycles. The summed E-state index contributed by atoms with van der Waals surface area (Å²) in [6, 6.07) is 3.41. The van der Waals surface area contributed by atoms with E-state index in [9.17, 15) is 4.79 Å². The largest absolute Gasteiger partial charge is 0.492 e. The molecule has 140 valence electrons. The summed E-state index contributed by atoms with van der Waals surface area (Å²) in [6.45, 7) is 5.12. The van der Waals surface area contributed by atoms with Crippen molar-refractivity contribution in [3.8, 4) is 5.75 Å². The first-order valence-corrected chi connectivity index (χ1v) is 10.2. The van der Waals surface area contributed by atoms with Crippen LogP contribution >= 0.6 is 11.8 Å². The molecule has 4 rings (SSSR count). The van der Waals surface area contributed by atoms with Crippen LogP contribution in [0.2, 0.25) is 0 Å². The molecule has 5 nitrogen and oxygen atoms in total. The van der Waals surface area contributed by atoms with Gasteiger partial charge >= 0.3 is 0 Å². The Labute approximate surface area is 156 Å². The van der Waals surface area contributed by atoms with Crippen molar-refractivity contribution < 1.29 is 9.13 Å². The van der Waals surface area contributed by atoms with Crippen molar-refractivity contribution in [3.05, 3.63) is 28.2 Å². The van der Waals surface area contributed by atoms with Crippen molar-refractivity contribution in [2.75, 3.05) is 43.9 Å².